The van der Waals surface area contributed by atoms with Crippen LogP contribution in [0.5, 0.6) is 23.0 Å². The van der Waals surface area contributed by atoms with E-state index in [4.69, 9.17) is 33.5 Å². The van der Waals surface area contributed by atoms with Crippen LogP contribution >= 0.6 is 0 Å². The fourth-order valence-electron chi connectivity index (χ4n) is 5.37. The molecule has 0 saturated carbocycles. The molecule has 4 aromatic carbocycles. The first-order chi connectivity index (χ1) is 20.0. The molecule has 214 valence electrons. The SMILES string of the molecule is COC(=O)c1cc2c3c(ccc2cc1OCCOCCO)CC(c1ccc(OC)cc1)(c1ccc(OC)cc1)CO3. The predicted molar refractivity (Wildman–Crippen MR) is 155 cm³/mol. The lowest BCUT2D eigenvalue weighted by Gasteiger charge is -2.39. The third-order valence-corrected chi connectivity index (χ3v) is 7.52. The maximum atomic E-state index is 12.7. The minimum Gasteiger partial charge on any atom is -0.497 e. The van der Waals surface area contributed by atoms with E-state index < -0.39 is 11.4 Å². The Kier molecular flexibility index (Phi) is 8.61. The molecule has 5 rings (SSSR count). The van der Waals surface area contributed by atoms with Crippen molar-refractivity contribution in [3.05, 3.63) is 95.1 Å². The number of aliphatic hydroxyl groups excluding tert-OH is 1. The van der Waals surface area contributed by atoms with Crippen LogP contribution in [0.4, 0.5) is 0 Å². The Bertz CT molecular complexity index is 1450. The molecule has 0 aliphatic carbocycles. The highest BCUT2D eigenvalue weighted by Crippen LogP contribution is 2.46. The number of fused-ring (bicyclic) bond motifs is 3. The molecule has 0 saturated heterocycles. The van der Waals surface area contributed by atoms with Gasteiger partial charge in [-0.1, -0.05) is 36.4 Å². The van der Waals surface area contributed by atoms with Gasteiger partial charge in [0.1, 0.15) is 41.8 Å². The summed E-state index contributed by atoms with van der Waals surface area (Å²) in [5, 5.41) is 10.6. The summed E-state index contributed by atoms with van der Waals surface area (Å²) in [6, 6.07) is 23.9. The van der Waals surface area contributed by atoms with E-state index in [0.29, 0.717) is 24.3 Å². The lowest BCUT2D eigenvalue weighted by atomic mass is 9.69. The Hall–Kier alpha value is -4.27. The van der Waals surface area contributed by atoms with Crippen molar-refractivity contribution in [2.75, 3.05) is 54.4 Å². The van der Waals surface area contributed by atoms with Gasteiger partial charge < -0.3 is 33.5 Å². The van der Waals surface area contributed by atoms with Gasteiger partial charge in [0.15, 0.2) is 0 Å². The number of aliphatic hydroxyl groups is 1. The lowest BCUT2D eigenvalue weighted by Crippen LogP contribution is -2.40. The molecule has 8 heteroatoms. The van der Waals surface area contributed by atoms with Gasteiger partial charge in [0.25, 0.3) is 0 Å². The Balaban J connectivity index is 1.55. The second kappa shape index (κ2) is 12.5. The van der Waals surface area contributed by atoms with E-state index in [9.17, 15) is 4.79 Å². The van der Waals surface area contributed by atoms with Gasteiger partial charge in [-0.3, -0.25) is 0 Å². The number of ether oxygens (including phenoxy) is 6. The maximum absolute atomic E-state index is 12.7. The van der Waals surface area contributed by atoms with Crippen LogP contribution in [-0.4, -0.2) is 65.4 Å². The van der Waals surface area contributed by atoms with Gasteiger partial charge in [-0.15, -0.1) is 0 Å². The van der Waals surface area contributed by atoms with Crippen LogP contribution in [0.25, 0.3) is 10.8 Å². The summed E-state index contributed by atoms with van der Waals surface area (Å²) in [6.45, 7) is 1.07. The molecule has 0 aromatic heterocycles. The van der Waals surface area contributed by atoms with Crippen molar-refractivity contribution in [1.82, 2.24) is 0 Å². The number of hydrogen-bond donors (Lipinski definition) is 1. The zero-order valence-electron chi connectivity index (χ0n) is 23.5. The minimum absolute atomic E-state index is 0.0628. The highest BCUT2D eigenvalue weighted by atomic mass is 16.5. The van der Waals surface area contributed by atoms with Gasteiger partial charge in [-0.2, -0.15) is 0 Å². The predicted octanol–water partition coefficient (Wildman–Crippen LogP) is 4.95. The molecule has 0 atom stereocenters. The van der Waals surface area contributed by atoms with E-state index >= 15 is 0 Å². The molecule has 41 heavy (non-hydrogen) atoms. The van der Waals surface area contributed by atoms with Crippen LogP contribution in [0.1, 0.15) is 27.0 Å². The summed E-state index contributed by atoms with van der Waals surface area (Å²) in [5.74, 6) is 2.21. The molecule has 0 unspecified atom stereocenters. The average molecular weight is 559 g/mol. The van der Waals surface area contributed by atoms with Crippen LogP contribution < -0.4 is 18.9 Å². The quantitative estimate of drug-likeness (QED) is 0.204. The second-order valence-electron chi connectivity index (χ2n) is 9.80. The average Bonchev–Trinajstić information content (AvgIpc) is 3.03. The van der Waals surface area contributed by atoms with Crippen molar-refractivity contribution in [2.45, 2.75) is 11.8 Å². The molecule has 1 aliphatic rings. The first-order valence-corrected chi connectivity index (χ1v) is 13.4. The van der Waals surface area contributed by atoms with Crippen LogP contribution in [-0.2, 0) is 21.3 Å². The van der Waals surface area contributed by atoms with E-state index in [-0.39, 0.29) is 26.4 Å². The Morgan fingerprint density at radius 1 is 0.854 bits per heavy atom. The number of benzene rings is 4. The highest BCUT2D eigenvalue weighted by Gasteiger charge is 2.40. The number of carbonyl (C=O) groups excluding carboxylic acids is 1. The van der Waals surface area contributed by atoms with Crippen molar-refractivity contribution in [2.24, 2.45) is 0 Å². The monoisotopic (exact) mass is 558 g/mol. The molecule has 0 spiro atoms. The maximum Gasteiger partial charge on any atom is 0.341 e. The van der Waals surface area contributed by atoms with Crippen LogP contribution in [0, 0.1) is 0 Å². The first kappa shape index (κ1) is 28.3. The van der Waals surface area contributed by atoms with Crippen molar-refractivity contribution in [1.29, 1.82) is 0 Å². The fraction of sp³-hybridized carbons (Fsp3) is 0.303. The van der Waals surface area contributed by atoms with Crippen molar-refractivity contribution >= 4 is 16.7 Å². The Labute approximate surface area is 239 Å². The van der Waals surface area contributed by atoms with Crippen LogP contribution in [0.3, 0.4) is 0 Å². The van der Waals surface area contributed by atoms with Gasteiger partial charge in [-0.05, 0) is 64.9 Å². The summed E-state index contributed by atoms with van der Waals surface area (Å²) in [7, 11) is 4.66. The zero-order chi connectivity index (χ0) is 28.8. The third-order valence-electron chi connectivity index (χ3n) is 7.52. The molecule has 1 N–H and O–H groups in total. The van der Waals surface area contributed by atoms with E-state index in [1.165, 1.54) is 7.11 Å². The second-order valence-corrected chi connectivity index (χ2v) is 9.80. The van der Waals surface area contributed by atoms with E-state index in [1.54, 1.807) is 20.3 Å². The number of rotatable bonds is 11. The molecular formula is C33H34O8. The topological polar surface area (TPSA) is 92.7 Å². The van der Waals surface area contributed by atoms with Gasteiger partial charge in [0.2, 0.25) is 0 Å². The van der Waals surface area contributed by atoms with Gasteiger partial charge >= 0.3 is 5.97 Å². The van der Waals surface area contributed by atoms with Crippen LogP contribution in [0.15, 0.2) is 72.8 Å². The van der Waals surface area contributed by atoms with Gasteiger partial charge in [0, 0.05) is 5.39 Å². The lowest BCUT2D eigenvalue weighted by molar-refractivity contribution is 0.0582. The molecule has 0 radical (unpaired) electrons. The Morgan fingerprint density at radius 2 is 1.51 bits per heavy atom. The summed E-state index contributed by atoms with van der Waals surface area (Å²) in [6.07, 6.45) is 0.685. The molecule has 1 heterocycles. The molecule has 8 nitrogen and oxygen atoms in total. The summed E-state index contributed by atoms with van der Waals surface area (Å²) in [4.78, 5) is 12.7. The molecule has 4 aromatic rings. The molecule has 1 aliphatic heterocycles. The minimum atomic E-state index is -0.502. The van der Waals surface area contributed by atoms with Gasteiger partial charge in [-0.25, -0.2) is 4.79 Å². The summed E-state index contributed by atoms with van der Waals surface area (Å²) < 4.78 is 33.6. The van der Waals surface area contributed by atoms with Gasteiger partial charge in [0.05, 0.1) is 46.6 Å². The summed E-state index contributed by atoms with van der Waals surface area (Å²) >= 11 is 0. The smallest absolute Gasteiger partial charge is 0.341 e. The van der Waals surface area contributed by atoms with Crippen molar-refractivity contribution in [3.8, 4) is 23.0 Å². The van der Waals surface area contributed by atoms with E-state index in [0.717, 1.165) is 44.7 Å². The zero-order valence-corrected chi connectivity index (χ0v) is 23.5. The van der Waals surface area contributed by atoms with E-state index in [1.807, 2.05) is 36.4 Å². The highest BCUT2D eigenvalue weighted by molar-refractivity contribution is 6.01. The van der Waals surface area contributed by atoms with Crippen LogP contribution in [0.2, 0.25) is 0 Å². The Morgan fingerprint density at radius 3 is 2.10 bits per heavy atom. The number of methoxy groups -OCH3 is 3. The number of esters is 1. The molecule has 0 bridgehead atoms. The number of carbonyl (C=O) groups is 1. The summed E-state index contributed by atoms with van der Waals surface area (Å²) in [5.41, 5.74) is 3.09. The van der Waals surface area contributed by atoms with Crippen molar-refractivity contribution in [3.63, 3.8) is 0 Å². The largest absolute Gasteiger partial charge is 0.497 e. The first-order valence-electron chi connectivity index (χ1n) is 13.4. The number of hydrogen-bond acceptors (Lipinski definition) is 8. The van der Waals surface area contributed by atoms with Crippen molar-refractivity contribution < 1.29 is 38.3 Å². The third kappa shape index (κ3) is 5.66. The van der Waals surface area contributed by atoms with E-state index in [2.05, 4.69) is 30.3 Å². The standard InChI is InChI=1S/C33H34O8/c1-36-26-10-6-24(7-11-26)33(25-8-12-27(37-2)13-9-25)20-23-5-4-22-18-30(40-17-16-39-15-14-34)29(32(35)38-3)19-28(22)31(23)41-21-33/h4-13,18-19,34H,14-17,20-21H2,1-3H3. The molecule has 0 amide bonds. The fourth-order valence-corrected chi connectivity index (χ4v) is 5.37. The molecule has 0 fully saturated rings. The normalized spacial score (nSPS) is 13.7. The molecular weight excluding hydrogens is 524 g/mol.